The number of nitrogens with one attached hydrogen (secondary N) is 1. The smallest absolute Gasteiger partial charge is 0.416 e. The van der Waals surface area contributed by atoms with Gasteiger partial charge in [-0.25, -0.2) is 0 Å². The number of alkyl halides is 3. The van der Waals surface area contributed by atoms with Crippen LogP contribution >= 0.6 is 0 Å². The van der Waals surface area contributed by atoms with Crippen LogP contribution in [0.25, 0.3) is 0 Å². The summed E-state index contributed by atoms with van der Waals surface area (Å²) in [5.74, 6) is -1.27. The van der Waals surface area contributed by atoms with Crippen molar-refractivity contribution in [3.05, 3.63) is 94.5 Å². The number of ether oxygens (including phenoxy) is 1. The summed E-state index contributed by atoms with van der Waals surface area (Å²) in [6, 6.07) is 15.8. The Morgan fingerprint density at radius 1 is 0.922 bits per heavy atom. The molecular weight excluding hydrogens is 665 g/mol. The van der Waals surface area contributed by atoms with E-state index in [1.807, 2.05) is 57.4 Å². The van der Waals surface area contributed by atoms with E-state index in [2.05, 4.69) is 10.2 Å². The monoisotopic (exact) mass is 710 g/mol. The van der Waals surface area contributed by atoms with Crippen molar-refractivity contribution in [2.75, 3.05) is 72.8 Å². The highest BCUT2D eigenvalue weighted by Crippen LogP contribution is 2.36. The molecule has 0 aromatic heterocycles. The lowest BCUT2D eigenvalue weighted by Crippen LogP contribution is -2.45. The SMILES string of the molecule is CN(C)CCCOc1ccc(C2Cc3ccc(NC(=O)c4ccc(C(F)(F)F)cc4)cc3C(=O)N2CCC(=O)N(CCN(C)C)CC(N)=O)cc1. The van der Waals surface area contributed by atoms with Gasteiger partial charge in [0.05, 0.1) is 24.8 Å². The summed E-state index contributed by atoms with van der Waals surface area (Å²) in [7, 11) is 7.69. The Labute approximate surface area is 296 Å². The van der Waals surface area contributed by atoms with Crippen LogP contribution in [0.5, 0.6) is 5.75 Å². The number of anilines is 1. The molecule has 3 N–H and O–H groups in total. The molecule has 1 unspecified atom stereocenters. The third-order valence-electron chi connectivity index (χ3n) is 8.49. The van der Waals surface area contributed by atoms with Gasteiger partial charge in [-0.2, -0.15) is 13.2 Å². The zero-order valence-electron chi connectivity index (χ0n) is 29.3. The molecule has 274 valence electrons. The van der Waals surface area contributed by atoms with Gasteiger partial charge in [-0.15, -0.1) is 0 Å². The molecule has 0 fully saturated rings. The molecule has 4 rings (SSSR count). The normalized spacial score (nSPS) is 14.4. The zero-order valence-corrected chi connectivity index (χ0v) is 29.3. The first-order chi connectivity index (χ1) is 24.1. The number of carbonyl (C=O) groups is 4. The van der Waals surface area contributed by atoms with Gasteiger partial charge in [-0.3, -0.25) is 19.2 Å². The van der Waals surface area contributed by atoms with E-state index in [1.165, 1.54) is 11.0 Å². The number of hydrogen-bond donors (Lipinski definition) is 2. The molecule has 0 saturated carbocycles. The fourth-order valence-electron chi connectivity index (χ4n) is 5.75. The van der Waals surface area contributed by atoms with E-state index in [1.54, 1.807) is 17.0 Å². The number of carbonyl (C=O) groups excluding carboxylic acids is 4. The largest absolute Gasteiger partial charge is 0.494 e. The fourth-order valence-corrected chi connectivity index (χ4v) is 5.75. The van der Waals surface area contributed by atoms with Crippen LogP contribution in [0.4, 0.5) is 18.9 Å². The third kappa shape index (κ3) is 11.0. The molecule has 1 aliphatic heterocycles. The van der Waals surface area contributed by atoms with Crippen LogP contribution in [0.15, 0.2) is 66.7 Å². The Morgan fingerprint density at radius 2 is 1.59 bits per heavy atom. The number of primary amides is 1. The van der Waals surface area contributed by atoms with Crippen molar-refractivity contribution < 1.29 is 37.1 Å². The van der Waals surface area contributed by atoms with Gasteiger partial charge in [0.1, 0.15) is 5.75 Å². The Bertz CT molecular complexity index is 1680. The number of nitrogens with zero attached hydrogens (tertiary/aromatic N) is 4. The molecule has 3 aromatic carbocycles. The van der Waals surface area contributed by atoms with Gasteiger partial charge in [-0.1, -0.05) is 18.2 Å². The maximum atomic E-state index is 14.2. The van der Waals surface area contributed by atoms with E-state index >= 15 is 0 Å². The molecule has 3 aromatic rings. The van der Waals surface area contributed by atoms with Gasteiger partial charge < -0.3 is 35.4 Å². The first-order valence-electron chi connectivity index (χ1n) is 16.6. The average molecular weight is 711 g/mol. The second kappa shape index (κ2) is 17.3. The van der Waals surface area contributed by atoms with Gasteiger partial charge >= 0.3 is 6.18 Å². The van der Waals surface area contributed by atoms with Gasteiger partial charge in [0.15, 0.2) is 0 Å². The average Bonchev–Trinajstić information content (AvgIpc) is 3.07. The number of fused-ring (bicyclic) bond motifs is 1. The maximum absolute atomic E-state index is 14.2. The predicted molar refractivity (Wildman–Crippen MR) is 187 cm³/mol. The van der Waals surface area contributed by atoms with Gasteiger partial charge in [-0.05, 0) is 101 Å². The van der Waals surface area contributed by atoms with Crippen molar-refractivity contribution in [2.24, 2.45) is 5.73 Å². The Morgan fingerprint density at radius 3 is 2.20 bits per heavy atom. The molecule has 0 aliphatic carbocycles. The summed E-state index contributed by atoms with van der Waals surface area (Å²) in [5, 5.41) is 2.67. The molecule has 1 atom stereocenters. The molecule has 11 nitrogen and oxygen atoms in total. The zero-order chi connectivity index (χ0) is 37.3. The minimum Gasteiger partial charge on any atom is -0.494 e. The van der Waals surface area contributed by atoms with Crippen LogP contribution in [-0.4, -0.2) is 111 Å². The second-order valence-electron chi connectivity index (χ2n) is 13.0. The summed E-state index contributed by atoms with van der Waals surface area (Å²) in [6.07, 6.45) is -3.32. The molecule has 1 aliphatic rings. The quantitative estimate of drug-likeness (QED) is 0.212. The molecule has 0 spiro atoms. The summed E-state index contributed by atoms with van der Waals surface area (Å²) >= 11 is 0. The lowest BCUT2D eigenvalue weighted by atomic mass is 9.88. The number of nitrogens with two attached hydrogens (primary N) is 1. The van der Waals surface area contributed by atoms with Crippen molar-refractivity contribution in [1.82, 2.24) is 19.6 Å². The topological polar surface area (TPSA) is 129 Å². The van der Waals surface area contributed by atoms with Crippen molar-refractivity contribution >= 4 is 29.3 Å². The standard InChI is InChI=1S/C37H45F3N6O5/c1-43(2)17-5-21-51-30-14-9-25(10-15-30)32-22-27-8-13-29(42-35(49)26-6-11-28(12-7-26)37(38,39)40)23-31(27)36(50)46(32)18-16-34(48)45(24-33(41)47)20-19-44(3)4/h6-15,23,32H,5,16-22,24H2,1-4H3,(H2,41,47)(H,42,49). The van der Waals surface area contributed by atoms with Crippen LogP contribution in [0, 0.1) is 0 Å². The lowest BCUT2D eigenvalue weighted by Gasteiger charge is -2.37. The Kier molecular flexibility index (Phi) is 13.2. The summed E-state index contributed by atoms with van der Waals surface area (Å²) in [6.45, 7) is 2.04. The highest BCUT2D eigenvalue weighted by atomic mass is 19.4. The van der Waals surface area contributed by atoms with Crippen LogP contribution in [0.3, 0.4) is 0 Å². The molecule has 14 heteroatoms. The molecule has 0 saturated heterocycles. The summed E-state index contributed by atoms with van der Waals surface area (Å²) in [4.78, 5) is 59.2. The van der Waals surface area contributed by atoms with E-state index in [4.69, 9.17) is 10.5 Å². The number of halogens is 3. The Hall–Kier alpha value is -4.95. The highest BCUT2D eigenvalue weighted by Gasteiger charge is 2.34. The van der Waals surface area contributed by atoms with Gasteiger partial charge in [0.2, 0.25) is 11.8 Å². The van der Waals surface area contributed by atoms with Crippen LogP contribution < -0.4 is 15.8 Å². The number of likely N-dealkylation sites (N-methyl/N-ethyl adjacent to an activating group) is 1. The summed E-state index contributed by atoms with van der Waals surface area (Å²) in [5.41, 5.74) is 6.75. The molecule has 1 heterocycles. The first kappa shape index (κ1) is 38.8. The predicted octanol–water partition coefficient (Wildman–Crippen LogP) is 4.29. The molecular formula is C37H45F3N6O5. The number of hydrogen-bond acceptors (Lipinski definition) is 7. The molecule has 4 amide bonds. The van der Waals surface area contributed by atoms with Crippen LogP contribution in [0.1, 0.15) is 56.3 Å². The maximum Gasteiger partial charge on any atom is 0.416 e. The minimum atomic E-state index is -4.53. The second-order valence-corrected chi connectivity index (χ2v) is 13.0. The first-order valence-corrected chi connectivity index (χ1v) is 16.6. The summed E-state index contributed by atoms with van der Waals surface area (Å²) < 4.78 is 44.9. The van der Waals surface area contributed by atoms with Crippen LogP contribution in [0.2, 0.25) is 0 Å². The minimum absolute atomic E-state index is 0.0205. The third-order valence-corrected chi connectivity index (χ3v) is 8.49. The van der Waals surface area contributed by atoms with Crippen molar-refractivity contribution in [3.8, 4) is 5.75 Å². The molecule has 0 bridgehead atoms. The van der Waals surface area contributed by atoms with E-state index in [-0.39, 0.29) is 49.1 Å². The van der Waals surface area contributed by atoms with E-state index in [0.29, 0.717) is 30.9 Å². The van der Waals surface area contributed by atoms with Crippen molar-refractivity contribution in [2.45, 2.75) is 31.5 Å². The number of rotatable bonds is 16. The van der Waals surface area contributed by atoms with Crippen LogP contribution in [-0.2, 0) is 22.2 Å². The molecule has 51 heavy (non-hydrogen) atoms. The van der Waals surface area contributed by atoms with E-state index in [9.17, 15) is 32.3 Å². The van der Waals surface area contributed by atoms with Crippen molar-refractivity contribution in [1.29, 1.82) is 0 Å². The fraction of sp³-hybridized carbons (Fsp3) is 0.405. The number of amides is 4. The Balaban J connectivity index is 1.57. The number of benzene rings is 3. The van der Waals surface area contributed by atoms with Gasteiger partial charge in [0.25, 0.3) is 11.8 Å². The van der Waals surface area contributed by atoms with Gasteiger partial charge in [0, 0.05) is 49.4 Å². The molecule has 0 radical (unpaired) electrons. The van der Waals surface area contributed by atoms with E-state index in [0.717, 1.165) is 48.4 Å². The van der Waals surface area contributed by atoms with E-state index < -0.39 is 29.6 Å². The lowest BCUT2D eigenvalue weighted by molar-refractivity contribution is -0.137. The van der Waals surface area contributed by atoms with Crippen molar-refractivity contribution in [3.63, 3.8) is 0 Å². The highest BCUT2D eigenvalue weighted by molar-refractivity contribution is 6.05.